The first kappa shape index (κ1) is 16.5. The van der Waals surface area contributed by atoms with E-state index in [0.717, 1.165) is 0 Å². The minimum atomic E-state index is -0.935. The van der Waals surface area contributed by atoms with E-state index in [1.165, 1.54) is 21.0 Å². The average molecular weight is 308 g/mol. The first-order valence-electron chi connectivity index (χ1n) is 5.27. The van der Waals surface area contributed by atoms with Crippen LogP contribution >= 0.6 is 0 Å². The van der Waals surface area contributed by atoms with Crippen molar-refractivity contribution in [2.75, 3.05) is 0 Å². The molecule has 0 spiro atoms. The fourth-order valence-electron chi connectivity index (χ4n) is 2.31. The minimum Gasteiger partial charge on any atom is -1.00 e. The number of halogens is 2. The van der Waals surface area contributed by atoms with E-state index in [1.54, 1.807) is 11.1 Å². The summed E-state index contributed by atoms with van der Waals surface area (Å²) in [5.41, 5.74) is 3.17. The van der Waals surface area contributed by atoms with Crippen LogP contribution in [0.1, 0.15) is 26.7 Å². The van der Waals surface area contributed by atoms with Crippen molar-refractivity contribution >= 4 is 8.11 Å². The van der Waals surface area contributed by atoms with Crippen LogP contribution in [0.5, 0.6) is 0 Å². The van der Waals surface area contributed by atoms with Gasteiger partial charge in [-0.05, 0) is 0 Å². The van der Waals surface area contributed by atoms with Crippen molar-refractivity contribution in [3.63, 3.8) is 0 Å². The van der Waals surface area contributed by atoms with Crippen molar-refractivity contribution in [3.8, 4) is 0 Å². The molecule has 0 fully saturated rings. The van der Waals surface area contributed by atoms with Crippen LogP contribution in [0.25, 0.3) is 0 Å². The number of allylic oxidation sites excluding steroid dienone is 8. The van der Waals surface area contributed by atoms with Gasteiger partial charge in [-0.3, -0.25) is 0 Å². The Morgan fingerprint density at radius 3 is 1.56 bits per heavy atom. The SMILES string of the molecule is CC1=[C]([Ti+2]([SiH3])[C]2=C(C)C=CC2)CC=C1.[Cl-].[Cl-]. The maximum absolute atomic E-state index is 2.34. The molecule has 16 heavy (non-hydrogen) atoms. The van der Waals surface area contributed by atoms with Gasteiger partial charge in [-0.25, -0.2) is 0 Å². The van der Waals surface area contributed by atoms with Gasteiger partial charge in [-0.15, -0.1) is 0 Å². The van der Waals surface area contributed by atoms with Gasteiger partial charge in [0.25, 0.3) is 0 Å². The standard InChI is InChI=1S/2C6H7.2ClH.H3Si.Ti/c2*1-6-4-2-3-5-6;;;;/h2*2,4H,3H2,1H3;2*1H;1H3;/q;;;;;+2/p-2. The molecule has 0 aliphatic heterocycles. The van der Waals surface area contributed by atoms with E-state index in [2.05, 4.69) is 38.2 Å². The van der Waals surface area contributed by atoms with Gasteiger partial charge in [0.05, 0.1) is 0 Å². The molecule has 2 rings (SSSR count). The second-order valence-electron chi connectivity index (χ2n) is 4.16. The quantitative estimate of drug-likeness (QED) is 0.462. The number of hydrogen-bond donors (Lipinski definition) is 0. The minimum absolute atomic E-state index is 0. The molecule has 4 heteroatoms. The van der Waals surface area contributed by atoms with Crippen LogP contribution in [-0.2, 0) is 17.1 Å². The van der Waals surface area contributed by atoms with E-state index in [0.29, 0.717) is 0 Å². The molecule has 0 unspecified atom stereocenters. The second kappa shape index (κ2) is 7.03. The van der Waals surface area contributed by atoms with Gasteiger partial charge in [-0.1, -0.05) is 0 Å². The third-order valence-electron chi connectivity index (χ3n) is 3.24. The van der Waals surface area contributed by atoms with Crippen molar-refractivity contribution < 1.29 is 41.9 Å². The molecule has 0 nitrogen and oxygen atoms in total. The molecule has 0 radical (unpaired) electrons. The second-order valence-corrected chi connectivity index (χ2v) is 12.1. The summed E-state index contributed by atoms with van der Waals surface area (Å²) in [5, 5.41) is 0. The molecule has 0 aromatic carbocycles. The topological polar surface area (TPSA) is 0 Å². The van der Waals surface area contributed by atoms with Gasteiger partial charge in [0.15, 0.2) is 0 Å². The Balaban J connectivity index is 0.00000112. The Labute approximate surface area is 119 Å². The molecule has 2 aliphatic rings. The van der Waals surface area contributed by atoms with Crippen LogP contribution in [0.2, 0.25) is 0 Å². The summed E-state index contributed by atoms with van der Waals surface area (Å²) in [7, 11) is 1.42. The van der Waals surface area contributed by atoms with Gasteiger partial charge in [-0.2, -0.15) is 0 Å². The zero-order chi connectivity index (χ0) is 10.1. The molecule has 0 atom stereocenters. The van der Waals surface area contributed by atoms with Crippen LogP contribution in [0.15, 0.2) is 43.2 Å². The van der Waals surface area contributed by atoms with Crippen molar-refractivity contribution in [2.24, 2.45) is 0 Å². The third kappa shape index (κ3) is 3.24. The van der Waals surface area contributed by atoms with Crippen molar-refractivity contribution in [1.82, 2.24) is 0 Å². The summed E-state index contributed by atoms with van der Waals surface area (Å²) < 4.78 is 3.68. The van der Waals surface area contributed by atoms with Gasteiger partial charge >= 0.3 is 95.1 Å². The predicted molar refractivity (Wildman–Crippen MR) is 62.9 cm³/mol. The summed E-state index contributed by atoms with van der Waals surface area (Å²) in [6.45, 7) is 4.59. The molecule has 0 N–H and O–H groups in total. The van der Waals surface area contributed by atoms with Crippen LogP contribution in [0.4, 0.5) is 0 Å². The zero-order valence-corrected chi connectivity index (χ0v) is 15.1. The molecule has 0 aromatic rings. The van der Waals surface area contributed by atoms with Gasteiger partial charge < -0.3 is 24.8 Å². The summed E-state index contributed by atoms with van der Waals surface area (Å²) in [6, 6.07) is 0. The third-order valence-corrected chi connectivity index (χ3v) is 12.9. The Morgan fingerprint density at radius 1 is 0.938 bits per heavy atom. The fourth-order valence-corrected chi connectivity index (χ4v) is 11.2. The van der Waals surface area contributed by atoms with Crippen molar-refractivity contribution in [2.45, 2.75) is 26.7 Å². The largest absolute Gasteiger partial charge is 1.00 e. The first-order valence-corrected chi connectivity index (χ1v) is 12.5. The van der Waals surface area contributed by atoms with E-state index in [4.69, 9.17) is 0 Å². The van der Waals surface area contributed by atoms with E-state index in [-0.39, 0.29) is 24.8 Å². The Morgan fingerprint density at radius 2 is 1.31 bits per heavy atom. The molecule has 0 bridgehead atoms. The van der Waals surface area contributed by atoms with E-state index in [9.17, 15) is 0 Å². The zero-order valence-electron chi connectivity index (χ0n) is 9.98. The summed E-state index contributed by atoms with van der Waals surface area (Å²) in [4.78, 5) is 0. The Kier molecular flexibility index (Phi) is 7.23. The van der Waals surface area contributed by atoms with Gasteiger partial charge in [0.2, 0.25) is 0 Å². The average Bonchev–Trinajstić information content (AvgIpc) is 2.73. The molecular formula is C12H17Cl2SiTi. The Hall–Kier alpha value is 0.471. The van der Waals surface area contributed by atoms with E-state index in [1.807, 2.05) is 7.76 Å². The molecule has 87 valence electrons. The van der Waals surface area contributed by atoms with Crippen LogP contribution in [0, 0.1) is 0 Å². The molecule has 0 aromatic heterocycles. The van der Waals surface area contributed by atoms with Gasteiger partial charge in [0, 0.05) is 0 Å². The molecule has 0 saturated heterocycles. The maximum Gasteiger partial charge on any atom is -1.00 e. The van der Waals surface area contributed by atoms with Crippen LogP contribution in [-0.4, -0.2) is 8.11 Å². The monoisotopic (exact) mass is 307 g/mol. The van der Waals surface area contributed by atoms with Crippen molar-refractivity contribution in [3.05, 3.63) is 43.2 Å². The van der Waals surface area contributed by atoms with Gasteiger partial charge in [0.1, 0.15) is 0 Å². The maximum atomic E-state index is 2.34. The molecule has 2 aliphatic carbocycles. The summed E-state index contributed by atoms with van der Waals surface area (Å²) in [5.74, 6) is 0. The normalized spacial score (nSPS) is 17.9. The smallest absolute Gasteiger partial charge is 1.00 e. The number of rotatable bonds is 2. The molecular weight excluding hydrogens is 291 g/mol. The number of hydrogen-bond acceptors (Lipinski definition) is 0. The summed E-state index contributed by atoms with van der Waals surface area (Å²) >= 11 is -0.935. The van der Waals surface area contributed by atoms with Crippen molar-refractivity contribution in [1.29, 1.82) is 0 Å². The van der Waals surface area contributed by atoms with E-state index >= 15 is 0 Å². The van der Waals surface area contributed by atoms with Crippen LogP contribution in [0.3, 0.4) is 0 Å². The Bertz CT molecular complexity index is 344. The van der Waals surface area contributed by atoms with E-state index < -0.39 is 17.1 Å². The molecule has 0 amide bonds. The van der Waals surface area contributed by atoms with Crippen LogP contribution < -0.4 is 24.8 Å². The molecule has 0 heterocycles. The fraction of sp³-hybridized carbons (Fsp3) is 0.333. The predicted octanol–water partition coefficient (Wildman–Crippen LogP) is -3.64. The first-order chi connectivity index (χ1) is 6.70. The summed E-state index contributed by atoms with van der Waals surface area (Å²) in [6.07, 6.45) is 11.8. The molecule has 0 saturated carbocycles.